The quantitative estimate of drug-likeness (QED) is 0.0489. The number of hydrogen-bond donors (Lipinski definition) is 3. The maximum absolute atomic E-state index is 7.84. The van der Waals surface area contributed by atoms with Gasteiger partial charge in [-0.3, -0.25) is 0 Å². The Balaban J connectivity index is 5.92. The van der Waals surface area contributed by atoms with E-state index in [0.29, 0.717) is 89.9 Å². The molecule has 426 valence electrons. The third-order valence-corrected chi connectivity index (χ3v) is 30.3. The second kappa shape index (κ2) is 37.8. The van der Waals surface area contributed by atoms with Crippen LogP contribution in [-0.2, 0) is 64.3 Å². The fourth-order valence-electron chi connectivity index (χ4n) is 6.32. The van der Waals surface area contributed by atoms with Crippen molar-refractivity contribution in [2.45, 2.75) is 187 Å². The first-order valence-corrected chi connectivity index (χ1v) is 36.8. The summed E-state index contributed by atoms with van der Waals surface area (Å²) in [5, 5.41) is 0. The van der Waals surface area contributed by atoms with Crippen LogP contribution in [0.2, 0.25) is 0 Å². The molecule has 0 bridgehead atoms. The normalized spacial score (nSPS) is 23.4. The molecule has 0 spiro atoms. The molecule has 0 saturated heterocycles. The van der Waals surface area contributed by atoms with Gasteiger partial charge in [0, 0.05) is 0 Å². The van der Waals surface area contributed by atoms with Crippen molar-refractivity contribution >= 4 is 57.1 Å². The Morgan fingerprint density at radius 2 is 0.686 bits per heavy atom. The maximum atomic E-state index is 7.84. The summed E-state index contributed by atoms with van der Waals surface area (Å²) in [6.07, 6.45) is 7.57. The van der Waals surface area contributed by atoms with Crippen molar-refractivity contribution in [1.82, 2.24) is 28.4 Å². The van der Waals surface area contributed by atoms with Crippen LogP contribution >= 0.6 is 57.1 Å². The van der Waals surface area contributed by atoms with Gasteiger partial charge in [-0.05, 0) is 0 Å². The van der Waals surface area contributed by atoms with Gasteiger partial charge in [0.15, 0.2) is 0 Å². The van der Waals surface area contributed by atoms with Crippen LogP contribution in [0, 0.1) is 0 Å². The van der Waals surface area contributed by atoms with Gasteiger partial charge in [0.2, 0.25) is 0 Å². The van der Waals surface area contributed by atoms with Gasteiger partial charge in [0.05, 0.1) is 0 Å². The summed E-state index contributed by atoms with van der Waals surface area (Å²) >= 11 is 0. The van der Waals surface area contributed by atoms with Crippen LogP contribution in [-0.4, -0.2) is 106 Å². The molecule has 0 aromatic carbocycles. The van der Waals surface area contributed by atoms with Crippen molar-refractivity contribution in [3.8, 4) is 0 Å². The Morgan fingerprint density at radius 1 is 0.357 bits per heavy atom. The first-order valence-electron chi connectivity index (χ1n) is 26.6. The Morgan fingerprint density at radius 3 is 1.06 bits per heavy atom. The molecule has 0 fully saturated rings. The Hall–Kier alpha value is 2.01. The SMILES string of the molecule is CCCON1P(OCCC)(OCCC)=NPNPNPNP(OCCC)(OCCC)(OCCC)N(OCCC)P(OCCC)(OCCC)(OCCC)N(OCCC)P1(OCCC)(OCCC)OCCC. The molecule has 1 aliphatic heterocycles. The van der Waals surface area contributed by atoms with Crippen LogP contribution in [0.4, 0.5) is 0 Å². The van der Waals surface area contributed by atoms with E-state index in [0.717, 1.165) is 0 Å². The fraction of sp³-hybridized carbons (Fsp3) is 1.00. The second-order valence-electron chi connectivity index (χ2n) is 16.2. The molecule has 3 N–H and O–H groups in total. The molecule has 1 heterocycles. The molecule has 70 heavy (non-hydrogen) atoms. The summed E-state index contributed by atoms with van der Waals surface area (Å²) in [6.45, 7) is 30.0. The van der Waals surface area contributed by atoms with E-state index in [4.69, 9.17) is 68.8 Å². The Kier molecular flexibility index (Phi) is 37.8. The van der Waals surface area contributed by atoms with Gasteiger partial charge in [-0.25, -0.2) is 0 Å². The molecule has 1 rings (SSSR count). The van der Waals surface area contributed by atoms with Crippen LogP contribution in [0.15, 0.2) is 4.52 Å². The van der Waals surface area contributed by atoms with Crippen LogP contribution in [0.5, 0.6) is 0 Å². The number of nitrogens with zero attached hydrogens (tertiary/aromatic N) is 4. The molecule has 3 atom stereocenters. The van der Waals surface area contributed by atoms with E-state index >= 15 is 0 Å². The minimum absolute atomic E-state index is 0.0278. The predicted molar refractivity (Wildman–Crippen MR) is 297 cm³/mol. The molecular weight excluding hydrogens is 1040 g/mol. The van der Waals surface area contributed by atoms with Gasteiger partial charge < -0.3 is 0 Å². The van der Waals surface area contributed by atoms with Gasteiger partial charge in [-0.2, -0.15) is 0 Å². The molecule has 0 radical (unpaired) electrons. The molecule has 28 heteroatoms. The third kappa shape index (κ3) is 17.8. The van der Waals surface area contributed by atoms with Crippen molar-refractivity contribution in [3.63, 3.8) is 0 Å². The molecular formula is C42H104N7O14P7. The van der Waals surface area contributed by atoms with Gasteiger partial charge in [0.25, 0.3) is 0 Å². The van der Waals surface area contributed by atoms with Crippen LogP contribution < -0.4 is 14.6 Å². The van der Waals surface area contributed by atoms with Crippen LogP contribution in [0.3, 0.4) is 0 Å². The molecule has 0 aromatic heterocycles. The van der Waals surface area contributed by atoms with Gasteiger partial charge in [0.1, 0.15) is 0 Å². The zero-order chi connectivity index (χ0) is 52.2. The van der Waals surface area contributed by atoms with Gasteiger partial charge in [-0.15, -0.1) is 0 Å². The van der Waals surface area contributed by atoms with Gasteiger partial charge in [-0.1, -0.05) is 0 Å². The minimum atomic E-state index is -6.10. The van der Waals surface area contributed by atoms with Crippen molar-refractivity contribution in [2.24, 2.45) is 4.52 Å². The molecule has 0 aliphatic carbocycles. The van der Waals surface area contributed by atoms with E-state index < -0.39 is 30.4 Å². The van der Waals surface area contributed by atoms with Crippen molar-refractivity contribution in [2.75, 3.05) is 92.5 Å². The van der Waals surface area contributed by atoms with Gasteiger partial charge >= 0.3 is 434 Å². The molecule has 0 saturated carbocycles. The molecule has 0 aromatic rings. The standard InChI is InChI=1S/C42H104N7O14P7/c1-15-29-50-47-67(53-32-18-4,54-33-19-5)45-65-43-64-44-66-46-68(55-34-20-6,56-35-21-7,57-36-22-8)48(51-30-16-2)70(61-40-26-12,62-41-27-13,63-42-28-14)49(52-31-17-3)69(47,58-37-23-9,59-38-24-10)60-39-25-11/h43-44,46,64-66H,15-42H2,1-14H3. The monoisotopic (exact) mass is 1150 g/mol. The van der Waals surface area contributed by atoms with E-state index in [1.807, 2.05) is 96.9 Å². The van der Waals surface area contributed by atoms with E-state index in [9.17, 15) is 0 Å². The van der Waals surface area contributed by atoms with E-state index in [-0.39, 0.29) is 119 Å². The number of rotatable bonds is 42. The Labute approximate surface area is 432 Å². The fourth-order valence-corrected chi connectivity index (χ4v) is 32.0. The summed E-state index contributed by atoms with van der Waals surface area (Å²) in [5.41, 5.74) is 0. The summed E-state index contributed by atoms with van der Waals surface area (Å²) < 4.78 is 93.7. The van der Waals surface area contributed by atoms with Crippen molar-refractivity contribution < 1.29 is 64.3 Å². The molecule has 21 nitrogen and oxygen atoms in total. The number of hydrogen-bond acceptors (Lipinski definition) is 21. The zero-order valence-electron chi connectivity index (χ0n) is 46.1. The summed E-state index contributed by atoms with van der Waals surface area (Å²) in [5.74, 6) is 0. The third-order valence-electron chi connectivity index (χ3n) is 9.15. The molecule has 0 amide bonds. The van der Waals surface area contributed by atoms with E-state index in [2.05, 4.69) is 14.6 Å². The van der Waals surface area contributed by atoms with E-state index in [1.54, 1.807) is 9.21 Å². The summed E-state index contributed by atoms with van der Waals surface area (Å²) in [6, 6.07) is 0. The first-order chi connectivity index (χ1) is 33.9. The van der Waals surface area contributed by atoms with Crippen molar-refractivity contribution in [3.05, 3.63) is 0 Å². The molecule has 3 unspecified atom stereocenters. The number of nitrogens with one attached hydrogen (secondary N) is 3. The average Bonchev–Trinajstić information content (AvgIpc) is 3.38. The Bertz CT molecular complexity index is 1320. The van der Waals surface area contributed by atoms with Crippen molar-refractivity contribution in [1.29, 1.82) is 0 Å². The second-order valence-corrected chi connectivity index (χ2v) is 32.4. The van der Waals surface area contributed by atoms with E-state index in [1.165, 1.54) is 4.60 Å². The zero-order valence-corrected chi connectivity index (χ0v) is 52.7. The summed E-state index contributed by atoms with van der Waals surface area (Å²) in [7, 11) is -22.1. The predicted octanol–water partition coefficient (Wildman–Crippen LogP) is 15.2. The summed E-state index contributed by atoms with van der Waals surface area (Å²) in [4.78, 5) is 33.3. The van der Waals surface area contributed by atoms with Crippen LogP contribution in [0.1, 0.15) is 187 Å². The first kappa shape index (κ1) is 70.0. The average molecular weight is 1150 g/mol. The van der Waals surface area contributed by atoms with Crippen LogP contribution in [0.25, 0.3) is 0 Å². The molecule has 1 aliphatic rings. The topological polar surface area (TPSA) is 187 Å².